The quantitative estimate of drug-likeness (QED) is 0.478. The number of amides is 1. The molecule has 0 radical (unpaired) electrons. The molecule has 2 N–H and O–H groups in total. The second-order valence-corrected chi connectivity index (χ2v) is 13.5. The Hall–Kier alpha value is -2.78. The van der Waals surface area contributed by atoms with Crippen LogP contribution in [0.15, 0.2) is 45.3 Å². The molecule has 0 aliphatic carbocycles. The fourth-order valence-electron chi connectivity index (χ4n) is 3.16. The highest BCUT2D eigenvalue weighted by Gasteiger charge is 2.39. The number of nitrogens with one attached hydrogen (secondary N) is 1. The van der Waals surface area contributed by atoms with Crippen molar-refractivity contribution in [2.45, 2.75) is 57.7 Å². The van der Waals surface area contributed by atoms with E-state index in [9.17, 15) is 9.59 Å². The fourth-order valence-corrected chi connectivity index (χ4v) is 3.97. The zero-order chi connectivity index (χ0) is 22.6. The van der Waals surface area contributed by atoms with E-state index in [0.29, 0.717) is 30.5 Å². The van der Waals surface area contributed by atoms with Crippen molar-refractivity contribution >= 4 is 14.2 Å². The number of rotatable bonds is 9. The molecule has 166 valence electrons. The van der Waals surface area contributed by atoms with Gasteiger partial charge in [-0.25, -0.2) is 0 Å². The van der Waals surface area contributed by atoms with Crippen LogP contribution in [0.25, 0.3) is 11.3 Å². The Morgan fingerprint density at radius 2 is 1.94 bits per heavy atom. The number of hydrogen-bond acceptors (Lipinski definition) is 7. The molecule has 0 saturated heterocycles. The van der Waals surface area contributed by atoms with Gasteiger partial charge in [-0.15, -0.1) is 10.2 Å². The summed E-state index contributed by atoms with van der Waals surface area (Å²) in [7, 11) is -2.31. The number of carbonyl (C=O) groups excluding carboxylic acids is 1. The first-order chi connectivity index (χ1) is 14.6. The molecule has 1 aromatic carbocycles. The van der Waals surface area contributed by atoms with Crippen molar-refractivity contribution in [1.29, 1.82) is 0 Å². The van der Waals surface area contributed by atoms with Crippen molar-refractivity contribution < 1.29 is 18.5 Å². The highest BCUT2D eigenvalue weighted by Crippen LogP contribution is 2.43. The fraction of sp³-hybridized carbons (Fsp3) is 0.455. The lowest BCUT2D eigenvalue weighted by atomic mass is 9.98. The second kappa shape index (κ2) is 9.15. The molecule has 0 aliphatic heterocycles. The summed E-state index contributed by atoms with van der Waals surface area (Å²) in [5, 5.41) is 14.7. The highest BCUT2D eigenvalue weighted by atomic mass is 28.4. The minimum Gasteiger partial charge on any atom is -0.432 e. The van der Waals surface area contributed by atoms with Crippen molar-refractivity contribution in [2.24, 2.45) is 0 Å². The van der Waals surface area contributed by atoms with Crippen LogP contribution in [0.4, 0.5) is 0 Å². The number of carbonyl (C=O) groups is 1. The van der Waals surface area contributed by atoms with Crippen LogP contribution >= 0.6 is 0 Å². The number of benzene rings is 1. The molecule has 1 amide bonds. The molecule has 1 atom stereocenters. The summed E-state index contributed by atoms with van der Waals surface area (Å²) in [4.78, 5) is 22.8. The molecule has 0 unspecified atom stereocenters. The molecule has 31 heavy (non-hydrogen) atoms. The predicted octanol–water partition coefficient (Wildman–Crippen LogP) is 4.17. The van der Waals surface area contributed by atoms with Gasteiger partial charge in [0, 0.05) is 30.5 Å². The zero-order valence-electron chi connectivity index (χ0n) is 18.7. The van der Waals surface area contributed by atoms with Crippen molar-refractivity contribution in [2.75, 3.05) is 6.54 Å². The molecular formula is C22H30N4O4Si. The molecule has 2 aromatic heterocycles. The Morgan fingerprint density at radius 1 is 1.23 bits per heavy atom. The van der Waals surface area contributed by atoms with Gasteiger partial charge >= 0.3 is 0 Å². The van der Waals surface area contributed by atoms with Gasteiger partial charge in [0.2, 0.25) is 11.8 Å². The summed E-state index contributed by atoms with van der Waals surface area (Å²) in [6.45, 7) is 10.4. The lowest BCUT2D eigenvalue weighted by Crippen LogP contribution is -2.39. The van der Waals surface area contributed by atoms with Crippen LogP contribution in [0, 0.1) is 0 Å². The van der Waals surface area contributed by atoms with E-state index in [0.717, 1.165) is 12.0 Å². The van der Waals surface area contributed by atoms with Crippen molar-refractivity contribution in [1.82, 2.24) is 20.7 Å². The molecule has 0 fully saturated rings. The first kappa shape index (κ1) is 22.9. The second-order valence-electron chi connectivity index (χ2n) is 9.03. The van der Waals surface area contributed by atoms with Crippen molar-refractivity contribution in [3.8, 4) is 11.3 Å². The van der Waals surface area contributed by atoms with E-state index in [2.05, 4.69) is 34.5 Å². The standard InChI is InChI=1S/C22H30N4O4Si/c1-15(14-22(2,3)31(4,5)28)21-25-24-19(29-21)11-12-23-20(27)17-13-18(30-26-17)16-9-7-6-8-10-16/h6-10,13,15,28H,11-12,14H2,1-5H3,(H,23,27)/t15-/m0/s1. The highest BCUT2D eigenvalue weighted by molar-refractivity contribution is 6.72. The van der Waals surface area contributed by atoms with E-state index in [1.807, 2.05) is 50.3 Å². The van der Waals surface area contributed by atoms with E-state index in [-0.39, 0.29) is 22.6 Å². The van der Waals surface area contributed by atoms with Crippen LogP contribution in [0.3, 0.4) is 0 Å². The van der Waals surface area contributed by atoms with Crippen LogP contribution in [-0.2, 0) is 6.42 Å². The Bertz CT molecular complexity index is 1010. The summed E-state index contributed by atoms with van der Waals surface area (Å²) in [6.07, 6.45) is 1.18. The van der Waals surface area contributed by atoms with Gasteiger partial charge in [0.15, 0.2) is 19.8 Å². The minimum absolute atomic E-state index is 0.0382. The molecule has 0 bridgehead atoms. The third kappa shape index (κ3) is 5.68. The maximum Gasteiger partial charge on any atom is 0.273 e. The SMILES string of the molecule is C[C@@H](CC(C)(C)[Si](C)(C)O)c1nnc(CCNC(=O)c2cc(-c3ccccc3)on2)o1. The van der Waals surface area contributed by atoms with Gasteiger partial charge < -0.3 is 19.1 Å². The van der Waals surface area contributed by atoms with Crippen LogP contribution in [0.1, 0.15) is 55.4 Å². The summed E-state index contributed by atoms with van der Waals surface area (Å²) in [5.74, 6) is 1.27. The molecule has 0 saturated carbocycles. The Kier molecular flexibility index (Phi) is 6.76. The summed E-state index contributed by atoms with van der Waals surface area (Å²) in [5.41, 5.74) is 1.08. The van der Waals surface area contributed by atoms with Gasteiger partial charge in [-0.2, -0.15) is 0 Å². The lowest BCUT2D eigenvalue weighted by molar-refractivity contribution is 0.0944. The molecule has 0 spiro atoms. The van der Waals surface area contributed by atoms with Crippen LogP contribution < -0.4 is 5.32 Å². The first-order valence-corrected chi connectivity index (χ1v) is 13.4. The summed E-state index contributed by atoms with van der Waals surface area (Å²) in [6, 6.07) is 11.1. The molecule has 8 nitrogen and oxygen atoms in total. The third-order valence-corrected chi connectivity index (χ3v) is 9.32. The topological polar surface area (TPSA) is 114 Å². The third-order valence-electron chi connectivity index (χ3n) is 5.80. The van der Waals surface area contributed by atoms with Crippen LogP contribution in [0.5, 0.6) is 0 Å². The maximum absolute atomic E-state index is 12.3. The predicted molar refractivity (Wildman–Crippen MR) is 119 cm³/mol. The molecular weight excluding hydrogens is 412 g/mol. The number of hydrogen-bond donors (Lipinski definition) is 2. The van der Waals surface area contributed by atoms with Gasteiger partial charge in [-0.05, 0) is 24.6 Å². The molecule has 0 aliphatic rings. The molecule has 3 rings (SSSR count). The first-order valence-electron chi connectivity index (χ1n) is 10.4. The van der Waals surface area contributed by atoms with E-state index in [4.69, 9.17) is 8.94 Å². The summed E-state index contributed by atoms with van der Waals surface area (Å²) < 4.78 is 11.0. The summed E-state index contributed by atoms with van der Waals surface area (Å²) >= 11 is 0. The average Bonchev–Trinajstić information content (AvgIpc) is 3.37. The van der Waals surface area contributed by atoms with Crippen molar-refractivity contribution in [3.05, 3.63) is 53.9 Å². The average molecular weight is 443 g/mol. The lowest BCUT2D eigenvalue weighted by Gasteiger charge is -2.36. The van der Waals surface area contributed by atoms with Gasteiger partial charge in [0.05, 0.1) is 0 Å². The Morgan fingerprint density at radius 3 is 2.61 bits per heavy atom. The molecule has 9 heteroatoms. The van der Waals surface area contributed by atoms with Gasteiger partial charge in [0.1, 0.15) is 0 Å². The van der Waals surface area contributed by atoms with E-state index in [1.54, 1.807) is 6.07 Å². The van der Waals surface area contributed by atoms with E-state index in [1.165, 1.54) is 0 Å². The van der Waals surface area contributed by atoms with Gasteiger partial charge in [-0.3, -0.25) is 4.79 Å². The van der Waals surface area contributed by atoms with Crippen LogP contribution in [0.2, 0.25) is 18.1 Å². The smallest absolute Gasteiger partial charge is 0.273 e. The van der Waals surface area contributed by atoms with Crippen molar-refractivity contribution in [3.63, 3.8) is 0 Å². The Balaban J connectivity index is 1.51. The normalized spacial score (nSPS) is 13.2. The molecule has 2 heterocycles. The minimum atomic E-state index is -2.31. The zero-order valence-corrected chi connectivity index (χ0v) is 19.7. The van der Waals surface area contributed by atoms with E-state index < -0.39 is 8.32 Å². The number of nitrogens with zero attached hydrogens (tertiary/aromatic N) is 3. The number of aromatic nitrogens is 3. The van der Waals surface area contributed by atoms with Gasteiger partial charge in [-0.1, -0.05) is 56.3 Å². The Labute approximate surface area is 183 Å². The van der Waals surface area contributed by atoms with Crippen LogP contribution in [-0.4, -0.2) is 40.9 Å². The maximum atomic E-state index is 12.3. The molecule has 3 aromatic rings. The van der Waals surface area contributed by atoms with Gasteiger partial charge in [0.25, 0.3) is 5.91 Å². The van der Waals surface area contributed by atoms with E-state index >= 15 is 0 Å². The monoisotopic (exact) mass is 442 g/mol. The largest absolute Gasteiger partial charge is 0.432 e.